The number of rotatable bonds is 20. The molecule has 4 nitrogen and oxygen atoms in total. The molecule has 33 heavy (non-hydrogen) atoms. The number of fused-ring (bicyclic) bond motifs is 1. The normalized spacial score (nSPS) is 15.6. The minimum Gasteiger partial charge on any atom is -0.345 e. The van der Waals surface area contributed by atoms with Gasteiger partial charge in [0.25, 0.3) is 0 Å². The highest BCUT2D eigenvalue weighted by Crippen LogP contribution is 2.29. The highest BCUT2D eigenvalue weighted by atomic mass is 32.1. The molecule has 0 aromatic carbocycles. The van der Waals surface area contributed by atoms with Crippen molar-refractivity contribution in [3.05, 3.63) is 17.2 Å². The van der Waals surface area contributed by atoms with Crippen molar-refractivity contribution in [2.75, 3.05) is 0 Å². The monoisotopic (exact) mass is 475 g/mol. The van der Waals surface area contributed by atoms with Crippen molar-refractivity contribution < 1.29 is 4.79 Å². The first-order valence-corrected chi connectivity index (χ1v) is 14.5. The summed E-state index contributed by atoms with van der Waals surface area (Å²) in [4.78, 5) is 21.2. The Kier molecular flexibility index (Phi) is 14.6. The van der Waals surface area contributed by atoms with Crippen molar-refractivity contribution in [1.29, 1.82) is 0 Å². The van der Waals surface area contributed by atoms with Gasteiger partial charge in [0, 0.05) is 6.42 Å². The predicted octanol–water partition coefficient (Wildman–Crippen LogP) is 8.29. The van der Waals surface area contributed by atoms with Crippen LogP contribution in [0.3, 0.4) is 0 Å². The molecular weight excluding hydrogens is 426 g/mol. The molecule has 1 aliphatic heterocycles. The smallest absolute Gasteiger partial charge is 0.234 e. The molecule has 5 heteroatoms. The first kappa shape index (κ1) is 28.0. The molecule has 1 atom stereocenters. The summed E-state index contributed by atoms with van der Waals surface area (Å²) >= 11 is 5.39. The second-order valence-electron chi connectivity index (χ2n) is 10.0. The standard InChI is InChI=1S/C28H49N3OS/c1-3-5-7-9-10-11-12-13-14-15-16-17-18-20-22-24-29-25-23(21-19-8-6-4-2)27(32)31-28(33)26(25)30-24/h23H,3-22H2,1-2H3,(H,29,30)(H,31,32,33). The van der Waals surface area contributed by atoms with Gasteiger partial charge in [-0.2, -0.15) is 0 Å². The Morgan fingerprint density at radius 2 is 1.21 bits per heavy atom. The predicted molar refractivity (Wildman–Crippen MR) is 144 cm³/mol. The van der Waals surface area contributed by atoms with Crippen LogP contribution >= 0.6 is 12.2 Å². The summed E-state index contributed by atoms with van der Waals surface area (Å²) in [6.45, 7) is 4.49. The average molecular weight is 476 g/mol. The third kappa shape index (κ3) is 10.7. The zero-order valence-corrected chi connectivity index (χ0v) is 22.3. The van der Waals surface area contributed by atoms with Crippen LogP contribution in [0.2, 0.25) is 0 Å². The third-order valence-electron chi connectivity index (χ3n) is 7.01. The van der Waals surface area contributed by atoms with E-state index in [1.165, 1.54) is 103 Å². The van der Waals surface area contributed by atoms with E-state index >= 15 is 0 Å². The molecule has 1 aliphatic rings. The maximum atomic E-state index is 12.5. The molecular formula is C28H49N3OS. The molecule has 1 unspecified atom stereocenters. The number of nitrogens with one attached hydrogen (secondary N) is 2. The molecule has 1 aromatic rings. The largest absolute Gasteiger partial charge is 0.345 e. The van der Waals surface area contributed by atoms with E-state index in [-0.39, 0.29) is 11.8 Å². The summed E-state index contributed by atoms with van der Waals surface area (Å²) in [5.41, 5.74) is 1.77. The Hall–Kier alpha value is -1.23. The van der Waals surface area contributed by atoms with Gasteiger partial charge in [-0.25, -0.2) is 4.98 Å². The number of H-pyrrole nitrogens is 1. The first-order chi connectivity index (χ1) is 16.2. The lowest BCUT2D eigenvalue weighted by Gasteiger charge is -2.21. The Balaban J connectivity index is 1.57. The summed E-state index contributed by atoms with van der Waals surface area (Å²) in [6.07, 6.45) is 25.7. The lowest BCUT2D eigenvalue weighted by molar-refractivity contribution is -0.121. The van der Waals surface area contributed by atoms with E-state index in [1.54, 1.807) is 0 Å². The number of hydrogen-bond acceptors (Lipinski definition) is 3. The van der Waals surface area contributed by atoms with Crippen LogP contribution in [0.25, 0.3) is 0 Å². The molecule has 0 aliphatic carbocycles. The van der Waals surface area contributed by atoms with Crippen molar-refractivity contribution in [1.82, 2.24) is 15.3 Å². The lowest BCUT2D eigenvalue weighted by Crippen LogP contribution is -2.40. The highest BCUT2D eigenvalue weighted by Gasteiger charge is 2.33. The van der Waals surface area contributed by atoms with Crippen LogP contribution in [-0.2, 0) is 11.2 Å². The molecule has 2 rings (SSSR count). The van der Waals surface area contributed by atoms with Gasteiger partial charge in [0.2, 0.25) is 5.91 Å². The number of unbranched alkanes of at least 4 members (excludes halogenated alkanes) is 16. The van der Waals surface area contributed by atoms with Gasteiger partial charge in [-0.15, -0.1) is 0 Å². The summed E-state index contributed by atoms with van der Waals surface area (Å²) in [5.74, 6) is 0.910. The van der Waals surface area contributed by atoms with Crippen LogP contribution in [0.15, 0.2) is 0 Å². The summed E-state index contributed by atoms with van der Waals surface area (Å²) in [5, 5.41) is 2.87. The van der Waals surface area contributed by atoms with Gasteiger partial charge in [-0.3, -0.25) is 4.79 Å². The Labute approximate surface area is 208 Å². The fraction of sp³-hybridized carbons (Fsp3) is 0.821. The number of nitrogens with zero attached hydrogens (tertiary/aromatic N) is 1. The molecule has 188 valence electrons. The van der Waals surface area contributed by atoms with Gasteiger partial charge >= 0.3 is 0 Å². The number of aromatic amines is 1. The number of hydrogen-bond donors (Lipinski definition) is 2. The van der Waals surface area contributed by atoms with Crippen molar-refractivity contribution in [2.45, 2.75) is 148 Å². The number of amides is 1. The van der Waals surface area contributed by atoms with Gasteiger partial charge in [0.05, 0.1) is 11.6 Å². The van der Waals surface area contributed by atoms with E-state index in [1.807, 2.05) is 0 Å². The van der Waals surface area contributed by atoms with Gasteiger partial charge in [-0.05, 0) is 12.8 Å². The van der Waals surface area contributed by atoms with Gasteiger partial charge in [-0.1, -0.05) is 135 Å². The molecule has 0 spiro atoms. The summed E-state index contributed by atoms with van der Waals surface area (Å²) in [6, 6.07) is 0. The first-order valence-electron chi connectivity index (χ1n) is 14.1. The molecule has 2 heterocycles. The van der Waals surface area contributed by atoms with E-state index in [0.717, 1.165) is 42.9 Å². The van der Waals surface area contributed by atoms with Crippen LogP contribution in [0.1, 0.15) is 159 Å². The maximum Gasteiger partial charge on any atom is 0.234 e. The Bertz CT molecular complexity index is 685. The fourth-order valence-electron chi connectivity index (χ4n) is 4.91. The van der Waals surface area contributed by atoms with Crippen molar-refractivity contribution in [2.24, 2.45) is 0 Å². The van der Waals surface area contributed by atoms with Crippen LogP contribution in [-0.4, -0.2) is 20.9 Å². The fourth-order valence-corrected chi connectivity index (χ4v) is 5.16. The SMILES string of the molecule is CCCCCCCCCCCCCCCCc1nc2c([nH]1)C(CCCCCC)C(=O)NC2=S. The quantitative estimate of drug-likeness (QED) is 0.147. The van der Waals surface area contributed by atoms with Crippen molar-refractivity contribution in [3.63, 3.8) is 0 Å². The van der Waals surface area contributed by atoms with Crippen molar-refractivity contribution in [3.8, 4) is 0 Å². The number of carbonyl (C=O) groups excluding carboxylic acids is 1. The van der Waals surface area contributed by atoms with Crippen LogP contribution in [0.5, 0.6) is 0 Å². The number of carbonyl (C=O) groups is 1. The average Bonchev–Trinajstić information content (AvgIpc) is 3.23. The molecule has 0 fully saturated rings. The summed E-state index contributed by atoms with van der Waals surface area (Å²) < 4.78 is 0. The zero-order valence-electron chi connectivity index (χ0n) is 21.5. The molecule has 0 saturated carbocycles. The number of imidazole rings is 1. The minimum absolute atomic E-state index is 0.0377. The molecule has 0 radical (unpaired) electrons. The maximum absolute atomic E-state index is 12.5. The van der Waals surface area contributed by atoms with E-state index in [4.69, 9.17) is 17.2 Å². The molecule has 2 N–H and O–H groups in total. The van der Waals surface area contributed by atoms with Crippen LogP contribution in [0.4, 0.5) is 0 Å². The lowest BCUT2D eigenvalue weighted by atomic mass is 9.93. The molecule has 1 aromatic heterocycles. The van der Waals surface area contributed by atoms with E-state index in [2.05, 4.69) is 24.1 Å². The van der Waals surface area contributed by atoms with Gasteiger partial charge < -0.3 is 10.3 Å². The highest BCUT2D eigenvalue weighted by molar-refractivity contribution is 7.80. The Morgan fingerprint density at radius 1 is 0.727 bits per heavy atom. The number of aryl methyl sites for hydroxylation is 1. The second-order valence-corrected chi connectivity index (χ2v) is 10.4. The minimum atomic E-state index is -0.124. The van der Waals surface area contributed by atoms with E-state index in [9.17, 15) is 4.79 Å². The number of thiocarbonyl (C=S) groups is 1. The van der Waals surface area contributed by atoms with Crippen LogP contribution in [0, 0.1) is 0 Å². The molecule has 1 amide bonds. The van der Waals surface area contributed by atoms with E-state index in [0.29, 0.717) is 4.99 Å². The van der Waals surface area contributed by atoms with Crippen molar-refractivity contribution >= 4 is 23.1 Å². The molecule has 0 bridgehead atoms. The van der Waals surface area contributed by atoms with Crippen LogP contribution < -0.4 is 5.32 Å². The van der Waals surface area contributed by atoms with E-state index < -0.39 is 0 Å². The molecule has 0 saturated heterocycles. The summed E-state index contributed by atoms with van der Waals surface area (Å²) in [7, 11) is 0. The zero-order chi connectivity index (χ0) is 23.7. The van der Waals surface area contributed by atoms with Gasteiger partial charge in [0.1, 0.15) is 16.5 Å². The van der Waals surface area contributed by atoms with Gasteiger partial charge in [0.15, 0.2) is 0 Å². The second kappa shape index (κ2) is 17.2. The topological polar surface area (TPSA) is 57.8 Å². The Morgan fingerprint density at radius 3 is 1.76 bits per heavy atom. The number of aromatic nitrogens is 2. The third-order valence-corrected chi connectivity index (χ3v) is 7.31.